The second-order valence-electron chi connectivity index (χ2n) is 9.25. The molecule has 0 aliphatic carbocycles. The number of anilines is 1. The van der Waals surface area contributed by atoms with Crippen LogP contribution in [-0.2, 0) is 32.6 Å². The Labute approximate surface area is 230 Å². The molecule has 0 saturated heterocycles. The van der Waals surface area contributed by atoms with Crippen molar-refractivity contribution in [2.45, 2.75) is 39.3 Å². The van der Waals surface area contributed by atoms with Gasteiger partial charge in [-0.3, -0.25) is 13.9 Å². The summed E-state index contributed by atoms with van der Waals surface area (Å²) in [5.74, 6) is -0.780. The Hall–Kier alpha value is -3.36. The van der Waals surface area contributed by atoms with Crippen LogP contribution in [0.15, 0.2) is 78.9 Å². The molecule has 3 rings (SSSR count). The van der Waals surface area contributed by atoms with Crippen molar-refractivity contribution < 1.29 is 18.0 Å². The molecular weight excluding hydrogens is 522 g/mol. The first kappa shape index (κ1) is 29.2. The van der Waals surface area contributed by atoms with Crippen molar-refractivity contribution in [3.63, 3.8) is 0 Å². The third-order valence-electron chi connectivity index (χ3n) is 6.09. The Bertz CT molecular complexity index is 1310. The van der Waals surface area contributed by atoms with Crippen LogP contribution >= 0.6 is 11.6 Å². The summed E-state index contributed by atoms with van der Waals surface area (Å²) in [6.07, 6.45) is 2.09. The minimum absolute atomic E-state index is 0.110. The SMILES string of the molecule is CCCNC(=O)[C@H](Cc1ccccc1)N(Cc1ccc(Cl)cc1)C(=O)CN(c1ccc(C)cc1)S(C)(=O)=O. The van der Waals surface area contributed by atoms with Crippen LogP contribution in [0.1, 0.15) is 30.0 Å². The number of nitrogens with one attached hydrogen (secondary N) is 1. The van der Waals surface area contributed by atoms with Gasteiger partial charge in [0.1, 0.15) is 12.6 Å². The first-order valence-corrected chi connectivity index (χ1v) is 14.7. The molecule has 0 unspecified atom stereocenters. The molecule has 0 fully saturated rings. The molecule has 0 saturated carbocycles. The highest BCUT2D eigenvalue weighted by Crippen LogP contribution is 2.21. The number of nitrogens with zero attached hydrogens (tertiary/aromatic N) is 2. The predicted octanol–water partition coefficient (Wildman–Crippen LogP) is 4.58. The summed E-state index contributed by atoms with van der Waals surface area (Å²) in [6.45, 7) is 3.98. The number of amides is 2. The molecule has 0 spiro atoms. The normalized spacial score (nSPS) is 12.0. The van der Waals surface area contributed by atoms with Gasteiger partial charge in [0.25, 0.3) is 0 Å². The van der Waals surface area contributed by atoms with Crippen LogP contribution in [-0.4, -0.2) is 50.5 Å². The number of hydrogen-bond acceptors (Lipinski definition) is 4. The smallest absolute Gasteiger partial charge is 0.244 e. The summed E-state index contributed by atoms with van der Waals surface area (Å²) in [5, 5.41) is 3.47. The Morgan fingerprint density at radius 2 is 1.55 bits per heavy atom. The average Bonchev–Trinajstić information content (AvgIpc) is 2.89. The van der Waals surface area contributed by atoms with Gasteiger partial charge in [-0.25, -0.2) is 8.42 Å². The van der Waals surface area contributed by atoms with E-state index in [2.05, 4.69) is 5.32 Å². The highest BCUT2D eigenvalue weighted by molar-refractivity contribution is 7.92. The van der Waals surface area contributed by atoms with E-state index >= 15 is 0 Å². The molecule has 1 N–H and O–H groups in total. The van der Waals surface area contributed by atoms with Gasteiger partial charge in [-0.1, -0.05) is 78.7 Å². The fourth-order valence-corrected chi connectivity index (χ4v) is 5.01. The van der Waals surface area contributed by atoms with Crippen molar-refractivity contribution in [2.75, 3.05) is 23.7 Å². The highest BCUT2D eigenvalue weighted by atomic mass is 35.5. The van der Waals surface area contributed by atoms with Crippen LogP contribution in [0.25, 0.3) is 0 Å². The van der Waals surface area contributed by atoms with Crippen LogP contribution in [0, 0.1) is 6.92 Å². The van der Waals surface area contributed by atoms with Crippen molar-refractivity contribution in [2.24, 2.45) is 0 Å². The van der Waals surface area contributed by atoms with Gasteiger partial charge < -0.3 is 10.2 Å². The lowest BCUT2D eigenvalue weighted by atomic mass is 10.0. The number of aryl methyl sites for hydroxylation is 1. The maximum Gasteiger partial charge on any atom is 0.244 e. The summed E-state index contributed by atoms with van der Waals surface area (Å²) in [4.78, 5) is 28.8. The van der Waals surface area contributed by atoms with Crippen LogP contribution in [0.3, 0.4) is 0 Å². The van der Waals surface area contributed by atoms with Crippen LogP contribution in [0.4, 0.5) is 5.69 Å². The lowest BCUT2D eigenvalue weighted by Gasteiger charge is -2.33. The molecule has 2 amide bonds. The van der Waals surface area contributed by atoms with Crippen molar-refractivity contribution in [1.82, 2.24) is 10.2 Å². The van der Waals surface area contributed by atoms with Gasteiger partial charge in [-0.2, -0.15) is 0 Å². The van der Waals surface area contributed by atoms with E-state index in [9.17, 15) is 18.0 Å². The highest BCUT2D eigenvalue weighted by Gasteiger charge is 2.32. The monoisotopic (exact) mass is 555 g/mol. The van der Waals surface area contributed by atoms with Gasteiger partial charge in [0, 0.05) is 24.5 Å². The topological polar surface area (TPSA) is 86.8 Å². The summed E-state index contributed by atoms with van der Waals surface area (Å²) >= 11 is 6.07. The molecule has 0 aromatic heterocycles. The number of carbonyl (C=O) groups is 2. The second kappa shape index (κ2) is 13.4. The Morgan fingerprint density at radius 3 is 2.13 bits per heavy atom. The minimum atomic E-state index is -3.79. The predicted molar refractivity (Wildman–Crippen MR) is 153 cm³/mol. The largest absolute Gasteiger partial charge is 0.354 e. The quantitative estimate of drug-likeness (QED) is 0.354. The van der Waals surface area contributed by atoms with Crippen LogP contribution in [0.2, 0.25) is 5.02 Å². The molecule has 0 aliphatic rings. The average molecular weight is 556 g/mol. The summed E-state index contributed by atoms with van der Waals surface area (Å²) < 4.78 is 26.6. The Balaban J connectivity index is 2.02. The fourth-order valence-electron chi connectivity index (χ4n) is 4.03. The van der Waals surface area contributed by atoms with Crippen molar-refractivity contribution in [1.29, 1.82) is 0 Å². The molecule has 1 atom stereocenters. The van der Waals surface area contributed by atoms with Crippen LogP contribution < -0.4 is 9.62 Å². The molecule has 38 heavy (non-hydrogen) atoms. The first-order valence-electron chi connectivity index (χ1n) is 12.5. The van der Waals surface area contributed by atoms with Crippen molar-refractivity contribution >= 4 is 39.1 Å². The maximum absolute atomic E-state index is 13.9. The number of sulfonamides is 1. The van der Waals surface area contributed by atoms with Gasteiger partial charge >= 0.3 is 0 Å². The van der Waals surface area contributed by atoms with E-state index in [0.29, 0.717) is 17.3 Å². The number of rotatable bonds is 12. The van der Waals surface area contributed by atoms with E-state index in [1.54, 1.807) is 48.5 Å². The Morgan fingerprint density at radius 1 is 0.921 bits per heavy atom. The maximum atomic E-state index is 13.9. The molecule has 7 nitrogen and oxygen atoms in total. The molecule has 0 heterocycles. The van der Waals surface area contributed by atoms with Crippen molar-refractivity contribution in [3.8, 4) is 0 Å². The van der Waals surface area contributed by atoms with E-state index in [1.807, 2.05) is 44.2 Å². The second-order valence-corrected chi connectivity index (χ2v) is 11.6. The zero-order valence-electron chi connectivity index (χ0n) is 21.9. The summed E-state index contributed by atoms with van der Waals surface area (Å²) in [7, 11) is -3.79. The van der Waals surface area contributed by atoms with E-state index in [0.717, 1.165) is 33.7 Å². The van der Waals surface area contributed by atoms with E-state index in [-0.39, 0.29) is 18.9 Å². The minimum Gasteiger partial charge on any atom is -0.354 e. The van der Waals surface area contributed by atoms with Gasteiger partial charge in [0.15, 0.2) is 0 Å². The fraction of sp³-hybridized carbons (Fsp3) is 0.310. The lowest BCUT2D eigenvalue weighted by Crippen LogP contribution is -2.53. The third-order valence-corrected chi connectivity index (χ3v) is 7.48. The molecule has 3 aromatic carbocycles. The molecule has 0 radical (unpaired) electrons. The van der Waals surface area contributed by atoms with Gasteiger partial charge in [-0.05, 0) is 48.7 Å². The molecule has 0 aliphatic heterocycles. The van der Waals surface area contributed by atoms with E-state index in [4.69, 9.17) is 11.6 Å². The molecular formula is C29H34ClN3O4S. The van der Waals surface area contributed by atoms with Crippen molar-refractivity contribution in [3.05, 3.63) is 101 Å². The van der Waals surface area contributed by atoms with Gasteiger partial charge in [0.2, 0.25) is 21.8 Å². The van der Waals surface area contributed by atoms with Gasteiger partial charge in [-0.15, -0.1) is 0 Å². The number of halogens is 1. The lowest BCUT2D eigenvalue weighted by molar-refractivity contribution is -0.140. The van der Waals surface area contributed by atoms with Crippen LogP contribution in [0.5, 0.6) is 0 Å². The summed E-state index contributed by atoms with van der Waals surface area (Å²) in [6, 6.07) is 22.5. The zero-order chi connectivity index (χ0) is 27.7. The van der Waals surface area contributed by atoms with Gasteiger partial charge in [0.05, 0.1) is 11.9 Å². The Kier molecular flexibility index (Phi) is 10.3. The third kappa shape index (κ3) is 8.33. The number of hydrogen-bond donors (Lipinski definition) is 1. The molecule has 0 bridgehead atoms. The van der Waals surface area contributed by atoms with E-state index in [1.165, 1.54) is 4.90 Å². The number of carbonyl (C=O) groups excluding carboxylic acids is 2. The van der Waals surface area contributed by atoms with E-state index < -0.39 is 28.5 Å². The summed E-state index contributed by atoms with van der Waals surface area (Å²) in [5.41, 5.74) is 3.00. The zero-order valence-corrected chi connectivity index (χ0v) is 23.5. The number of benzene rings is 3. The standard InChI is InChI=1S/C29H34ClN3O4S/c1-4-18-31-29(35)27(19-23-8-6-5-7-9-23)32(20-24-12-14-25(30)15-13-24)28(34)21-33(38(3,36)37)26-16-10-22(2)11-17-26/h5-17,27H,4,18-21H2,1-3H3,(H,31,35)/t27-/m0/s1. The molecule has 202 valence electrons. The molecule has 9 heteroatoms. The molecule has 3 aromatic rings. The first-order chi connectivity index (χ1) is 18.1.